The van der Waals surface area contributed by atoms with Crippen molar-refractivity contribution in [3.63, 3.8) is 0 Å². The molecule has 0 bridgehead atoms. The molecule has 2 aromatic heterocycles. The highest BCUT2D eigenvalue weighted by Gasteiger charge is 2.31. The quantitative estimate of drug-likeness (QED) is 0.415. The van der Waals surface area contributed by atoms with Gasteiger partial charge in [-0.25, -0.2) is 19.3 Å². The minimum atomic E-state index is -4.50. The first kappa shape index (κ1) is 20.5. The van der Waals surface area contributed by atoms with Crippen molar-refractivity contribution < 1.29 is 22.3 Å². The van der Waals surface area contributed by atoms with Crippen LogP contribution in [0.15, 0.2) is 66.9 Å². The average molecular weight is 428 g/mol. The molecule has 9 heteroatoms. The Bertz CT molecular complexity index is 1210. The average Bonchev–Trinajstić information content (AvgIpc) is 2.74. The van der Waals surface area contributed by atoms with Gasteiger partial charge in [0, 0.05) is 24.1 Å². The van der Waals surface area contributed by atoms with Gasteiger partial charge in [0.15, 0.2) is 0 Å². The standard InChI is InChI=1S/C22H16F4N4O/c23-17(12-19-29-18-4-2-1-3-16(18)21(27)30-19)13-5-7-15(8-6-13)31-20-11-14(9-10-28-20)22(24,25)26/h1-11,17H,12H2,(H2,27,29,30). The zero-order valence-electron chi connectivity index (χ0n) is 16.0. The Hall–Kier alpha value is -3.75. The molecule has 1 unspecified atom stereocenters. The van der Waals surface area contributed by atoms with Crippen LogP contribution in [-0.2, 0) is 12.6 Å². The third-order valence-electron chi connectivity index (χ3n) is 4.57. The second-order valence-corrected chi connectivity index (χ2v) is 6.77. The highest BCUT2D eigenvalue weighted by Crippen LogP contribution is 2.32. The van der Waals surface area contributed by atoms with Crippen LogP contribution in [0.3, 0.4) is 0 Å². The molecule has 0 fully saturated rings. The Morgan fingerprint density at radius 1 is 0.968 bits per heavy atom. The lowest BCUT2D eigenvalue weighted by molar-refractivity contribution is -0.137. The lowest BCUT2D eigenvalue weighted by Crippen LogP contribution is -2.05. The van der Waals surface area contributed by atoms with Crippen LogP contribution in [0.1, 0.15) is 23.1 Å². The smallest absolute Gasteiger partial charge is 0.416 e. The van der Waals surface area contributed by atoms with Crippen molar-refractivity contribution in [3.8, 4) is 11.6 Å². The summed E-state index contributed by atoms with van der Waals surface area (Å²) in [6, 6.07) is 14.7. The number of halogens is 4. The van der Waals surface area contributed by atoms with Gasteiger partial charge in [-0.2, -0.15) is 13.2 Å². The third-order valence-corrected chi connectivity index (χ3v) is 4.57. The largest absolute Gasteiger partial charge is 0.439 e. The number of benzene rings is 2. The molecule has 5 nitrogen and oxygen atoms in total. The van der Waals surface area contributed by atoms with Crippen molar-refractivity contribution in [1.29, 1.82) is 0 Å². The molecule has 0 amide bonds. The number of aromatic nitrogens is 3. The van der Waals surface area contributed by atoms with Crippen LogP contribution in [0.5, 0.6) is 11.6 Å². The van der Waals surface area contributed by atoms with E-state index in [1.165, 1.54) is 24.3 Å². The molecule has 0 aliphatic carbocycles. The van der Waals surface area contributed by atoms with Crippen LogP contribution in [-0.4, -0.2) is 15.0 Å². The number of rotatable bonds is 5. The van der Waals surface area contributed by atoms with Crippen LogP contribution < -0.4 is 10.5 Å². The van der Waals surface area contributed by atoms with Gasteiger partial charge in [0.25, 0.3) is 0 Å². The first-order chi connectivity index (χ1) is 14.8. The summed E-state index contributed by atoms with van der Waals surface area (Å²) in [4.78, 5) is 12.3. The number of nitrogen functional groups attached to an aromatic ring is 1. The number of hydrogen-bond donors (Lipinski definition) is 1. The fourth-order valence-electron chi connectivity index (χ4n) is 3.03. The maximum Gasteiger partial charge on any atom is 0.416 e. The van der Waals surface area contributed by atoms with E-state index < -0.39 is 17.9 Å². The van der Waals surface area contributed by atoms with Gasteiger partial charge < -0.3 is 10.5 Å². The Labute approximate surface area is 174 Å². The SMILES string of the molecule is Nc1nc(CC(F)c2ccc(Oc3cc(C(F)(F)F)ccn3)cc2)nc2ccccc12. The Morgan fingerprint density at radius 2 is 1.71 bits per heavy atom. The van der Waals surface area contributed by atoms with E-state index in [-0.39, 0.29) is 29.7 Å². The molecule has 2 heterocycles. The van der Waals surface area contributed by atoms with Crippen molar-refractivity contribution in [2.75, 3.05) is 5.73 Å². The molecule has 4 rings (SSSR count). The maximum atomic E-state index is 14.8. The van der Waals surface area contributed by atoms with Gasteiger partial charge in [-0.05, 0) is 35.9 Å². The molecule has 1 atom stereocenters. The number of fused-ring (bicyclic) bond motifs is 1. The fourth-order valence-corrected chi connectivity index (χ4v) is 3.03. The van der Waals surface area contributed by atoms with Crippen LogP contribution in [0.25, 0.3) is 10.9 Å². The Balaban J connectivity index is 1.47. The highest BCUT2D eigenvalue weighted by atomic mass is 19.4. The zero-order valence-corrected chi connectivity index (χ0v) is 16.0. The number of pyridine rings is 1. The van der Waals surface area contributed by atoms with E-state index in [1.807, 2.05) is 12.1 Å². The third kappa shape index (κ3) is 4.71. The summed E-state index contributed by atoms with van der Waals surface area (Å²) >= 11 is 0. The molecule has 0 saturated heterocycles. The molecule has 0 aliphatic heterocycles. The Morgan fingerprint density at radius 3 is 2.45 bits per heavy atom. The van der Waals surface area contributed by atoms with E-state index in [4.69, 9.17) is 10.5 Å². The summed E-state index contributed by atoms with van der Waals surface area (Å²) in [7, 11) is 0. The molecule has 4 aromatic rings. The first-order valence-corrected chi connectivity index (χ1v) is 9.26. The van der Waals surface area contributed by atoms with Crippen molar-refractivity contribution >= 4 is 16.7 Å². The van der Waals surface area contributed by atoms with E-state index in [0.29, 0.717) is 16.5 Å². The molecule has 0 saturated carbocycles. The Kier molecular flexibility index (Phi) is 5.41. The minimum absolute atomic E-state index is 0.0789. The minimum Gasteiger partial charge on any atom is -0.439 e. The first-order valence-electron chi connectivity index (χ1n) is 9.26. The maximum absolute atomic E-state index is 14.8. The molecular weight excluding hydrogens is 412 g/mol. The summed E-state index contributed by atoms with van der Waals surface area (Å²) in [6.07, 6.45) is -4.97. The molecule has 0 spiro atoms. The number of para-hydroxylation sites is 1. The van der Waals surface area contributed by atoms with E-state index in [2.05, 4.69) is 15.0 Å². The van der Waals surface area contributed by atoms with Crippen LogP contribution in [0.2, 0.25) is 0 Å². The van der Waals surface area contributed by atoms with Crippen LogP contribution in [0, 0.1) is 0 Å². The highest BCUT2D eigenvalue weighted by molar-refractivity contribution is 5.87. The number of anilines is 1. The van der Waals surface area contributed by atoms with E-state index in [0.717, 1.165) is 18.3 Å². The number of nitrogens with zero attached hydrogens (tertiary/aromatic N) is 3. The topological polar surface area (TPSA) is 73.9 Å². The predicted molar refractivity (Wildman–Crippen MR) is 107 cm³/mol. The summed E-state index contributed by atoms with van der Waals surface area (Å²) < 4.78 is 58.5. The van der Waals surface area contributed by atoms with E-state index >= 15 is 0 Å². The second kappa shape index (κ2) is 8.17. The van der Waals surface area contributed by atoms with Crippen molar-refractivity contribution in [3.05, 3.63) is 83.8 Å². The summed E-state index contributed by atoms with van der Waals surface area (Å²) in [5.74, 6) is 0.579. The second-order valence-electron chi connectivity index (χ2n) is 6.77. The van der Waals surface area contributed by atoms with Crippen molar-refractivity contribution in [1.82, 2.24) is 15.0 Å². The molecule has 0 aliphatic rings. The molecule has 0 radical (unpaired) electrons. The van der Waals surface area contributed by atoms with Gasteiger partial charge in [0.1, 0.15) is 23.6 Å². The number of alkyl halides is 4. The van der Waals surface area contributed by atoms with Gasteiger partial charge in [0.05, 0.1) is 11.1 Å². The monoisotopic (exact) mass is 428 g/mol. The van der Waals surface area contributed by atoms with Crippen molar-refractivity contribution in [2.45, 2.75) is 18.8 Å². The lowest BCUT2D eigenvalue weighted by Gasteiger charge is -2.11. The summed E-state index contributed by atoms with van der Waals surface area (Å²) in [6.45, 7) is 0. The van der Waals surface area contributed by atoms with E-state index in [9.17, 15) is 17.6 Å². The van der Waals surface area contributed by atoms with Crippen molar-refractivity contribution in [2.24, 2.45) is 0 Å². The normalized spacial score (nSPS) is 12.6. The molecule has 2 aromatic carbocycles. The van der Waals surface area contributed by atoms with E-state index in [1.54, 1.807) is 12.1 Å². The molecule has 31 heavy (non-hydrogen) atoms. The van der Waals surface area contributed by atoms with Gasteiger partial charge in [-0.15, -0.1) is 0 Å². The fraction of sp³-hybridized carbons (Fsp3) is 0.136. The van der Waals surface area contributed by atoms with Gasteiger partial charge in [-0.1, -0.05) is 24.3 Å². The summed E-state index contributed by atoms with van der Waals surface area (Å²) in [5.41, 5.74) is 6.05. The molecule has 2 N–H and O–H groups in total. The molecule has 158 valence electrons. The zero-order chi connectivity index (χ0) is 22.0. The van der Waals surface area contributed by atoms with Crippen LogP contribution >= 0.6 is 0 Å². The summed E-state index contributed by atoms with van der Waals surface area (Å²) in [5, 5.41) is 0.700. The lowest BCUT2D eigenvalue weighted by atomic mass is 10.1. The number of hydrogen-bond acceptors (Lipinski definition) is 5. The predicted octanol–water partition coefficient (Wildman–Crippen LogP) is 5.67. The van der Waals surface area contributed by atoms with Crippen LogP contribution in [0.4, 0.5) is 23.4 Å². The van der Waals surface area contributed by atoms with Gasteiger partial charge in [0.2, 0.25) is 5.88 Å². The van der Waals surface area contributed by atoms with Gasteiger partial charge in [-0.3, -0.25) is 0 Å². The number of ether oxygens (including phenoxy) is 1. The van der Waals surface area contributed by atoms with Gasteiger partial charge >= 0.3 is 6.18 Å². The number of nitrogens with two attached hydrogens (primary N) is 1. The molecular formula is C22H16F4N4O.